The first-order valence-corrected chi connectivity index (χ1v) is 8.40. The zero-order chi connectivity index (χ0) is 16.2. The van der Waals surface area contributed by atoms with Gasteiger partial charge >= 0.3 is 0 Å². The highest BCUT2D eigenvalue weighted by molar-refractivity contribution is 7.14. The average Bonchev–Trinajstić information content (AvgIpc) is 2.95. The first-order valence-electron chi connectivity index (χ1n) is 7.59. The van der Waals surface area contributed by atoms with Gasteiger partial charge in [0.2, 0.25) is 0 Å². The standard InChI is InChI=1S/C17H23N3OS.2ClH/c1-4-17(18,5-2)11-19-16(21)15-14(20-12(3)22-15)13-9-7-6-8-10-13;;/h6-10H,4-5,11,18H2,1-3H3,(H,19,21);2*1H. The molecule has 0 aliphatic rings. The average molecular weight is 390 g/mol. The van der Waals surface area contributed by atoms with Gasteiger partial charge in [-0.05, 0) is 19.8 Å². The second-order valence-electron chi connectivity index (χ2n) is 5.53. The predicted octanol–water partition coefficient (Wildman–Crippen LogP) is 4.21. The van der Waals surface area contributed by atoms with E-state index in [9.17, 15) is 4.79 Å². The van der Waals surface area contributed by atoms with E-state index in [4.69, 9.17) is 5.73 Å². The van der Waals surface area contributed by atoms with Crippen molar-refractivity contribution in [3.8, 4) is 11.3 Å². The normalized spacial score (nSPS) is 10.5. The number of carbonyl (C=O) groups excluding carboxylic acids is 1. The summed E-state index contributed by atoms with van der Waals surface area (Å²) in [5, 5.41) is 3.85. The molecule has 0 aliphatic heterocycles. The van der Waals surface area contributed by atoms with Gasteiger partial charge in [-0.25, -0.2) is 4.98 Å². The van der Waals surface area contributed by atoms with Crippen LogP contribution in [0.25, 0.3) is 11.3 Å². The number of aromatic nitrogens is 1. The van der Waals surface area contributed by atoms with Gasteiger partial charge in [-0.15, -0.1) is 36.2 Å². The minimum absolute atomic E-state index is 0. The number of thiazole rings is 1. The SMILES string of the molecule is CCC(N)(CC)CNC(=O)c1sc(C)nc1-c1ccccc1.Cl.Cl. The van der Waals surface area contributed by atoms with Crippen molar-refractivity contribution in [1.29, 1.82) is 0 Å². The zero-order valence-corrected chi connectivity index (χ0v) is 16.6. The highest BCUT2D eigenvalue weighted by Gasteiger charge is 2.23. The van der Waals surface area contributed by atoms with Crippen LogP contribution in [0.5, 0.6) is 0 Å². The van der Waals surface area contributed by atoms with Crippen molar-refractivity contribution in [3.05, 3.63) is 40.2 Å². The van der Waals surface area contributed by atoms with Crippen LogP contribution in [0.4, 0.5) is 0 Å². The number of rotatable bonds is 6. The van der Waals surface area contributed by atoms with Crippen molar-refractivity contribution < 1.29 is 4.79 Å². The summed E-state index contributed by atoms with van der Waals surface area (Å²) in [6.45, 7) is 6.48. The molecule has 134 valence electrons. The summed E-state index contributed by atoms with van der Waals surface area (Å²) in [6, 6.07) is 9.79. The number of benzene rings is 1. The van der Waals surface area contributed by atoms with Gasteiger partial charge < -0.3 is 11.1 Å². The molecule has 0 aliphatic carbocycles. The van der Waals surface area contributed by atoms with E-state index in [2.05, 4.69) is 10.3 Å². The molecule has 1 aromatic heterocycles. The van der Waals surface area contributed by atoms with Crippen LogP contribution < -0.4 is 11.1 Å². The van der Waals surface area contributed by atoms with E-state index in [1.807, 2.05) is 51.1 Å². The molecule has 0 saturated heterocycles. The molecule has 0 saturated carbocycles. The fraction of sp³-hybridized carbons (Fsp3) is 0.412. The summed E-state index contributed by atoms with van der Waals surface area (Å²) < 4.78 is 0. The van der Waals surface area contributed by atoms with Crippen LogP contribution in [-0.2, 0) is 0 Å². The minimum Gasteiger partial charge on any atom is -0.349 e. The fourth-order valence-corrected chi connectivity index (χ4v) is 3.07. The summed E-state index contributed by atoms with van der Waals surface area (Å²) in [6.07, 6.45) is 1.66. The zero-order valence-electron chi connectivity index (χ0n) is 14.2. The highest BCUT2D eigenvalue weighted by atomic mass is 35.5. The Bertz CT molecular complexity index is 643. The number of amides is 1. The maximum atomic E-state index is 12.5. The van der Waals surface area contributed by atoms with Crippen LogP contribution in [0.2, 0.25) is 0 Å². The quantitative estimate of drug-likeness (QED) is 0.777. The van der Waals surface area contributed by atoms with Gasteiger partial charge in [-0.3, -0.25) is 4.79 Å². The van der Waals surface area contributed by atoms with Crippen LogP contribution in [0, 0.1) is 6.92 Å². The lowest BCUT2D eigenvalue weighted by molar-refractivity contribution is 0.0946. The molecule has 0 fully saturated rings. The molecule has 2 rings (SSSR count). The number of nitrogens with two attached hydrogens (primary N) is 1. The van der Waals surface area contributed by atoms with Crippen molar-refractivity contribution in [1.82, 2.24) is 10.3 Å². The maximum Gasteiger partial charge on any atom is 0.263 e. The molecule has 1 aromatic carbocycles. The topological polar surface area (TPSA) is 68.0 Å². The third-order valence-corrected chi connectivity index (χ3v) is 4.97. The Morgan fingerprint density at radius 2 is 1.79 bits per heavy atom. The molecule has 0 unspecified atom stereocenters. The summed E-state index contributed by atoms with van der Waals surface area (Å²) in [5.41, 5.74) is 7.61. The molecule has 0 atom stereocenters. The second-order valence-corrected chi connectivity index (χ2v) is 6.73. The third kappa shape index (κ3) is 5.45. The van der Waals surface area contributed by atoms with E-state index in [1.165, 1.54) is 11.3 Å². The van der Waals surface area contributed by atoms with Gasteiger partial charge in [0, 0.05) is 17.6 Å². The van der Waals surface area contributed by atoms with E-state index < -0.39 is 0 Å². The van der Waals surface area contributed by atoms with Gasteiger partial charge in [0.05, 0.1) is 10.7 Å². The van der Waals surface area contributed by atoms with Crippen molar-refractivity contribution in [2.24, 2.45) is 5.73 Å². The number of nitrogens with zero attached hydrogens (tertiary/aromatic N) is 1. The lowest BCUT2D eigenvalue weighted by Gasteiger charge is -2.26. The fourth-order valence-electron chi connectivity index (χ4n) is 2.21. The molecule has 0 bridgehead atoms. The molecule has 1 amide bonds. The van der Waals surface area contributed by atoms with Crippen LogP contribution in [0.15, 0.2) is 30.3 Å². The number of halogens is 2. The van der Waals surface area contributed by atoms with E-state index in [1.54, 1.807) is 0 Å². The van der Waals surface area contributed by atoms with Crippen LogP contribution >= 0.6 is 36.2 Å². The number of carbonyl (C=O) groups is 1. The summed E-state index contributed by atoms with van der Waals surface area (Å²) in [4.78, 5) is 17.7. The molecule has 1 heterocycles. The van der Waals surface area contributed by atoms with Gasteiger partial charge in [-0.2, -0.15) is 0 Å². The Morgan fingerprint density at radius 3 is 2.33 bits per heavy atom. The molecule has 3 N–H and O–H groups in total. The number of aryl methyl sites for hydroxylation is 1. The van der Waals surface area contributed by atoms with E-state index in [-0.39, 0.29) is 36.3 Å². The Morgan fingerprint density at radius 1 is 1.21 bits per heavy atom. The van der Waals surface area contributed by atoms with Crippen molar-refractivity contribution in [2.75, 3.05) is 6.54 Å². The van der Waals surface area contributed by atoms with Crippen molar-refractivity contribution in [3.63, 3.8) is 0 Å². The minimum atomic E-state index is -0.345. The predicted molar refractivity (Wildman–Crippen MR) is 107 cm³/mol. The van der Waals surface area contributed by atoms with Crippen molar-refractivity contribution >= 4 is 42.1 Å². The Kier molecular flexibility index (Phi) is 9.51. The summed E-state index contributed by atoms with van der Waals surface area (Å²) in [5.74, 6) is -0.0961. The largest absolute Gasteiger partial charge is 0.349 e. The maximum absolute atomic E-state index is 12.5. The van der Waals surface area contributed by atoms with E-state index in [0.29, 0.717) is 11.4 Å². The Labute approximate surface area is 160 Å². The van der Waals surface area contributed by atoms with Crippen LogP contribution in [0.3, 0.4) is 0 Å². The molecule has 0 radical (unpaired) electrons. The highest BCUT2D eigenvalue weighted by Crippen LogP contribution is 2.27. The number of hydrogen-bond acceptors (Lipinski definition) is 4. The number of hydrogen-bond donors (Lipinski definition) is 2. The van der Waals surface area contributed by atoms with E-state index >= 15 is 0 Å². The summed E-state index contributed by atoms with van der Waals surface area (Å²) in [7, 11) is 0. The van der Waals surface area contributed by atoms with Crippen LogP contribution in [0.1, 0.15) is 41.4 Å². The van der Waals surface area contributed by atoms with Gasteiger partial charge in [0.15, 0.2) is 0 Å². The second kappa shape index (κ2) is 9.99. The smallest absolute Gasteiger partial charge is 0.263 e. The Hall–Kier alpha value is -1.14. The van der Waals surface area contributed by atoms with Gasteiger partial charge in [0.25, 0.3) is 5.91 Å². The summed E-state index contributed by atoms with van der Waals surface area (Å²) >= 11 is 1.42. The molecule has 2 aromatic rings. The van der Waals surface area contributed by atoms with Gasteiger partial charge in [-0.1, -0.05) is 44.2 Å². The molecule has 24 heavy (non-hydrogen) atoms. The molecule has 4 nitrogen and oxygen atoms in total. The van der Waals surface area contributed by atoms with E-state index in [0.717, 1.165) is 29.1 Å². The lowest BCUT2D eigenvalue weighted by Crippen LogP contribution is -2.49. The third-order valence-electron chi connectivity index (χ3n) is 4.00. The number of nitrogens with one attached hydrogen (secondary N) is 1. The Balaban J connectivity index is 0.00000264. The van der Waals surface area contributed by atoms with Crippen LogP contribution in [-0.4, -0.2) is 23.0 Å². The first-order chi connectivity index (χ1) is 10.5. The van der Waals surface area contributed by atoms with Crippen molar-refractivity contribution in [2.45, 2.75) is 39.2 Å². The molecular weight excluding hydrogens is 365 g/mol. The first kappa shape index (κ1) is 22.9. The monoisotopic (exact) mass is 389 g/mol. The van der Waals surface area contributed by atoms with Gasteiger partial charge in [0.1, 0.15) is 4.88 Å². The molecular formula is C17H25Cl2N3OS. The molecule has 0 spiro atoms. The lowest BCUT2D eigenvalue weighted by atomic mass is 9.94. The molecule has 7 heteroatoms.